The van der Waals surface area contributed by atoms with Crippen LogP contribution in [0.1, 0.15) is 5.69 Å². The molecule has 28 heavy (non-hydrogen) atoms. The third-order valence-electron chi connectivity index (χ3n) is 3.65. The van der Waals surface area contributed by atoms with Crippen LogP contribution in [0.4, 0.5) is 5.69 Å². The van der Waals surface area contributed by atoms with Crippen molar-refractivity contribution in [2.24, 2.45) is 0 Å². The molecule has 1 heterocycles. The van der Waals surface area contributed by atoms with E-state index in [9.17, 15) is 14.9 Å². The van der Waals surface area contributed by atoms with Gasteiger partial charge in [0.2, 0.25) is 0 Å². The van der Waals surface area contributed by atoms with Gasteiger partial charge in [-0.3, -0.25) is 10.1 Å². The van der Waals surface area contributed by atoms with E-state index in [0.29, 0.717) is 11.4 Å². The second kappa shape index (κ2) is 8.96. The molecule has 3 rings (SSSR count). The largest absolute Gasteiger partial charge is 0.497 e. The van der Waals surface area contributed by atoms with Crippen LogP contribution in [-0.2, 0) is 16.1 Å². The minimum absolute atomic E-state index is 0.0307. The molecular formula is C19H16N2O6S. The molecule has 9 heteroatoms. The lowest BCUT2D eigenvalue weighted by Gasteiger charge is -2.06. The van der Waals surface area contributed by atoms with Crippen LogP contribution in [-0.4, -0.2) is 29.6 Å². The number of hydrogen-bond donors (Lipinski definition) is 0. The number of nitro groups is 1. The number of non-ortho nitro benzene ring substituents is 1. The van der Waals surface area contributed by atoms with Gasteiger partial charge in [-0.25, -0.2) is 9.78 Å². The standard InChI is InChI=1S/C19H16N2O6S/c1-25-17-4-2-3-13(9-17)19-20-14(12-28-19)10-27-18(22)11-26-16-7-5-15(6-8-16)21(23)24/h2-9,12H,10-11H2,1H3. The zero-order valence-electron chi connectivity index (χ0n) is 14.9. The fourth-order valence-electron chi connectivity index (χ4n) is 2.26. The number of benzene rings is 2. The van der Waals surface area contributed by atoms with Gasteiger partial charge >= 0.3 is 5.97 Å². The van der Waals surface area contributed by atoms with Crippen LogP contribution in [0.5, 0.6) is 11.5 Å². The molecule has 0 radical (unpaired) electrons. The third kappa shape index (κ3) is 5.04. The van der Waals surface area contributed by atoms with E-state index in [1.54, 1.807) is 7.11 Å². The summed E-state index contributed by atoms with van der Waals surface area (Å²) in [5, 5.41) is 13.2. The van der Waals surface area contributed by atoms with Gasteiger partial charge < -0.3 is 14.2 Å². The summed E-state index contributed by atoms with van der Waals surface area (Å²) in [6.45, 7) is -0.270. The summed E-state index contributed by atoms with van der Waals surface area (Å²) >= 11 is 1.44. The van der Waals surface area contributed by atoms with Crippen molar-refractivity contribution < 1.29 is 23.9 Å². The topological polar surface area (TPSA) is 101 Å². The van der Waals surface area contributed by atoms with E-state index in [-0.39, 0.29) is 18.9 Å². The molecule has 0 aliphatic heterocycles. The van der Waals surface area contributed by atoms with Gasteiger partial charge in [0.15, 0.2) is 6.61 Å². The van der Waals surface area contributed by atoms with Crippen molar-refractivity contribution in [1.29, 1.82) is 0 Å². The number of carbonyl (C=O) groups excluding carboxylic acids is 1. The van der Waals surface area contributed by atoms with Gasteiger partial charge in [-0.05, 0) is 24.3 Å². The lowest BCUT2D eigenvalue weighted by Crippen LogP contribution is -2.14. The molecule has 0 saturated carbocycles. The van der Waals surface area contributed by atoms with Gasteiger partial charge in [-0.1, -0.05) is 12.1 Å². The Morgan fingerprint density at radius 3 is 2.68 bits per heavy atom. The number of esters is 1. The number of hydrogen-bond acceptors (Lipinski definition) is 8. The Morgan fingerprint density at radius 2 is 1.96 bits per heavy atom. The van der Waals surface area contributed by atoms with Crippen LogP contribution >= 0.6 is 11.3 Å². The molecule has 2 aromatic carbocycles. The zero-order valence-corrected chi connectivity index (χ0v) is 15.7. The number of methoxy groups -OCH3 is 1. The van der Waals surface area contributed by atoms with Crippen molar-refractivity contribution in [2.45, 2.75) is 6.61 Å². The SMILES string of the molecule is COc1cccc(-c2nc(COC(=O)COc3ccc([N+](=O)[O-])cc3)cs2)c1. The molecule has 0 saturated heterocycles. The van der Waals surface area contributed by atoms with Crippen LogP contribution < -0.4 is 9.47 Å². The van der Waals surface area contributed by atoms with Crippen molar-refractivity contribution in [3.8, 4) is 22.1 Å². The third-order valence-corrected chi connectivity index (χ3v) is 4.59. The quantitative estimate of drug-likeness (QED) is 0.321. The van der Waals surface area contributed by atoms with Crippen molar-refractivity contribution >= 4 is 23.0 Å². The number of ether oxygens (including phenoxy) is 3. The first-order chi connectivity index (χ1) is 13.5. The highest BCUT2D eigenvalue weighted by Gasteiger charge is 2.10. The fourth-order valence-corrected chi connectivity index (χ4v) is 3.07. The Hall–Kier alpha value is -3.46. The van der Waals surface area contributed by atoms with Crippen LogP contribution in [0.15, 0.2) is 53.9 Å². The van der Waals surface area contributed by atoms with Crippen LogP contribution in [0.2, 0.25) is 0 Å². The van der Waals surface area contributed by atoms with Gasteiger partial charge in [0.25, 0.3) is 5.69 Å². The number of thiazole rings is 1. The van der Waals surface area contributed by atoms with E-state index in [0.717, 1.165) is 16.3 Å². The molecule has 0 aliphatic carbocycles. The predicted octanol–water partition coefficient (Wildman–Crippen LogP) is 3.85. The van der Waals surface area contributed by atoms with E-state index >= 15 is 0 Å². The summed E-state index contributed by atoms with van der Waals surface area (Å²) in [7, 11) is 1.60. The Balaban J connectivity index is 1.49. The second-order valence-corrected chi connectivity index (χ2v) is 6.43. The van der Waals surface area contributed by atoms with E-state index in [4.69, 9.17) is 14.2 Å². The molecule has 8 nitrogen and oxygen atoms in total. The molecule has 0 bridgehead atoms. The number of nitro benzene ring substituents is 1. The monoisotopic (exact) mass is 400 g/mol. The first kappa shape index (κ1) is 19.3. The highest BCUT2D eigenvalue weighted by molar-refractivity contribution is 7.13. The summed E-state index contributed by atoms with van der Waals surface area (Å²) < 4.78 is 15.6. The van der Waals surface area contributed by atoms with E-state index in [2.05, 4.69) is 4.98 Å². The van der Waals surface area contributed by atoms with Crippen molar-refractivity contribution in [1.82, 2.24) is 4.98 Å². The molecule has 144 valence electrons. The Bertz CT molecular complexity index is 971. The molecular weight excluding hydrogens is 384 g/mol. The van der Waals surface area contributed by atoms with E-state index in [1.165, 1.54) is 35.6 Å². The predicted molar refractivity (Wildman–Crippen MR) is 102 cm³/mol. The zero-order chi connectivity index (χ0) is 19.9. The molecule has 0 atom stereocenters. The minimum atomic E-state index is -0.561. The smallest absolute Gasteiger partial charge is 0.344 e. The van der Waals surface area contributed by atoms with Gasteiger partial charge in [0, 0.05) is 23.1 Å². The molecule has 0 aliphatic rings. The van der Waals surface area contributed by atoms with Gasteiger partial charge in [0.05, 0.1) is 17.7 Å². The summed E-state index contributed by atoms with van der Waals surface area (Å²) in [6, 6.07) is 13.0. The number of aromatic nitrogens is 1. The van der Waals surface area contributed by atoms with Gasteiger partial charge in [-0.15, -0.1) is 11.3 Å². The van der Waals surface area contributed by atoms with Crippen molar-refractivity contribution in [3.63, 3.8) is 0 Å². The number of nitrogens with zero attached hydrogens (tertiary/aromatic N) is 2. The molecule has 0 amide bonds. The maximum Gasteiger partial charge on any atom is 0.344 e. The Labute approximate surface area is 164 Å². The highest BCUT2D eigenvalue weighted by Crippen LogP contribution is 2.27. The molecule has 0 N–H and O–H groups in total. The normalized spacial score (nSPS) is 10.3. The fraction of sp³-hybridized carbons (Fsp3) is 0.158. The van der Waals surface area contributed by atoms with E-state index in [1.807, 2.05) is 29.6 Å². The van der Waals surface area contributed by atoms with Crippen LogP contribution in [0.3, 0.4) is 0 Å². The highest BCUT2D eigenvalue weighted by atomic mass is 32.1. The second-order valence-electron chi connectivity index (χ2n) is 5.58. The molecule has 0 fully saturated rings. The molecule has 3 aromatic rings. The number of carbonyl (C=O) groups is 1. The molecule has 1 aromatic heterocycles. The minimum Gasteiger partial charge on any atom is -0.497 e. The lowest BCUT2D eigenvalue weighted by molar-refractivity contribution is -0.384. The first-order valence-electron chi connectivity index (χ1n) is 8.17. The van der Waals surface area contributed by atoms with Crippen LogP contribution in [0.25, 0.3) is 10.6 Å². The number of rotatable bonds is 8. The Kier molecular flexibility index (Phi) is 6.18. The first-order valence-corrected chi connectivity index (χ1v) is 9.05. The van der Waals surface area contributed by atoms with Gasteiger partial charge in [0.1, 0.15) is 23.1 Å². The average Bonchev–Trinajstić information content (AvgIpc) is 3.20. The summed E-state index contributed by atoms with van der Waals surface area (Å²) in [4.78, 5) is 26.4. The molecule has 0 spiro atoms. The van der Waals surface area contributed by atoms with Crippen LogP contribution in [0, 0.1) is 10.1 Å². The maximum atomic E-state index is 11.8. The maximum absolute atomic E-state index is 11.8. The lowest BCUT2D eigenvalue weighted by atomic mass is 10.2. The Morgan fingerprint density at radius 1 is 1.18 bits per heavy atom. The summed E-state index contributed by atoms with van der Waals surface area (Å²) in [5.74, 6) is 0.523. The van der Waals surface area contributed by atoms with E-state index < -0.39 is 10.9 Å². The van der Waals surface area contributed by atoms with Crippen molar-refractivity contribution in [2.75, 3.05) is 13.7 Å². The summed E-state index contributed by atoms with van der Waals surface area (Å²) in [5.41, 5.74) is 1.50. The average molecular weight is 400 g/mol. The molecule has 0 unspecified atom stereocenters. The van der Waals surface area contributed by atoms with Gasteiger partial charge in [-0.2, -0.15) is 0 Å². The van der Waals surface area contributed by atoms with Crippen molar-refractivity contribution in [3.05, 3.63) is 69.7 Å². The summed E-state index contributed by atoms with van der Waals surface area (Å²) in [6.07, 6.45) is 0.